The molecule has 0 saturated carbocycles. The van der Waals surface area contributed by atoms with Gasteiger partial charge < -0.3 is 15.2 Å². The molecule has 0 aromatic heterocycles. The Balaban J connectivity index is 2.37. The molecule has 1 aliphatic heterocycles. The third kappa shape index (κ3) is 2.97. The summed E-state index contributed by atoms with van der Waals surface area (Å²) in [6.07, 6.45) is 1.39. The number of hydrogen-bond acceptors (Lipinski definition) is 3. The maximum absolute atomic E-state index is 11.1. The van der Waals surface area contributed by atoms with Crippen LogP contribution in [0.25, 0.3) is 0 Å². The summed E-state index contributed by atoms with van der Waals surface area (Å²) in [6, 6.07) is -0.130. The zero-order chi connectivity index (χ0) is 9.68. The molecule has 1 amide bonds. The number of rotatable bonds is 4. The number of hydrogen-bond donors (Lipinski definition) is 2. The minimum atomic E-state index is -0.130. The van der Waals surface area contributed by atoms with Gasteiger partial charge in [-0.05, 0) is 6.42 Å². The lowest BCUT2D eigenvalue weighted by Gasteiger charge is -2.20. The molecule has 4 nitrogen and oxygen atoms in total. The molecule has 2 N–H and O–H groups in total. The van der Waals surface area contributed by atoms with E-state index in [1.165, 1.54) is 0 Å². The molecule has 0 aromatic rings. The molecule has 2 atom stereocenters. The van der Waals surface area contributed by atoms with Crippen molar-refractivity contribution in [1.29, 1.82) is 0 Å². The smallest absolute Gasteiger partial charge is 0.220 e. The summed E-state index contributed by atoms with van der Waals surface area (Å²) in [4.78, 5) is 11.1. The second-order valence-corrected chi connectivity index (χ2v) is 3.33. The van der Waals surface area contributed by atoms with Crippen LogP contribution in [-0.4, -0.2) is 36.9 Å². The van der Waals surface area contributed by atoms with Gasteiger partial charge in [-0.1, -0.05) is 6.92 Å². The topological polar surface area (TPSA) is 58.6 Å². The standard InChI is InChI=1S/C9H17NO3/c1-2-9(12)10-8(5-11)7-3-4-13-6-7/h7-8,11H,2-6H2,1H3,(H,10,12). The van der Waals surface area contributed by atoms with Gasteiger partial charge in [0.1, 0.15) is 0 Å². The number of carbonyl (C=O) groups is 1. The van der Waals surface area contributed by atoms with Crippen molar-refractivity contribution < 1.29 is 14.6 Å². The number of ether oxygens (including phenoxy) is 1. The average Bonchev–Trinajstić information content (AvgIpc) is 2.66. The van der Waals surface area contributed by atoms with E-state index in [1.807, 2.05) is 0 Å². The molecular formula is C9H17NO3. The Kier molecular flexibility index (Phi) is 4.18. The molecule has 1 aliphatic rings. The summed E-state index contributed by atoms with van der Waals surface area (Å²) in [5.74, 6) is 0.270. The Hall–Kier alpha value is -0.610. The van der Waals surface area contributed by atoms with E-state index in [4.69, 9.17) is 9.84 Å². The third-order valence-electron chi connectivity index (χ3n) is 2.40. The van der Waals surface area contributed by atoms with Crippen LogP contribution in [-0.2, 0) is 9.53 Å². The summed E-state index contributed by atoms with van der Waals surface area (Å²) in [7, 11) is 0. The zero-order valence-corrected chi connectivity index (χ0v) is 7.95. The molecule has 1 heterocycles. The first-order valence-corrected chi connectivity index (χ1v) is 4.76. The third-order valence-corrected chi connectivity index (χ3v) is 2.40. The fourth-order valence-electron chi connectivity index (χ4n) is 1.49. The number of aliphatic hydroxyl groups excluding tert-OH is 1. The molecule has 1 fully saturated rings. The van der Waals surface area contributed by atoms with Crippen molar-refractivity contribution in [3.05, 3.63) is 0 Å². The molecule has 0 radical (unpaired) electrons. The van der Waals surface area contributed by atoms with Gasteiger partial charge >= 0.3 is 0 Å². The Bertz CT molecular complexity index is 166. The van der Waals surface area contributed by atoms with E-state index in [0.29, 0.717) is 13.0 Å². The first-order chi connectivity index (χ1) is 6.27. The molecule has 0 bridgehead atoms. The minimum Gasteiger partial charge on any atom is -0.394 e. The van der Waals surface area contributed by atoms with Gasteiger partial charge in [-0.25, -0.2) is 0 Å². The molecule has 0 aliphatic carbocycles. The van der Waals surface area contributed by atoms with E-state index in [-0.39, 0.29) is 24.5 Å². The van der Waals surface area contributed by atoms with E-state index >= 15 is 0 Å². The molecule has 13 heavy (non-hydrogen) atoms. The molecule has 2 unspecified atom stereocenters. The normalized spacial score (nSPS) is 24.3. The largest absolute Gasteiger partial charge is 0.394 e. The van der Waals surface area contributed by atoms with Crippen molar-refractivity contribution in [3.8, 4) is 0 Å². The minimum absolute atomic E-state index is 0.000231. The molecule has 76 valence electrons. The second kappa shape index (κ2) is 5.19. The Morgan fingerprint density at radius 1 is 1.77 bits per heavy atom. The maximum Gasteiger partial charge on any atom is 0.220 e. The molecule has 0 aromatic carbocycles. The number of amides is 1. The molecule has 4 heteroatoms. The van der Waals surface area contributed by atoms with Gasteiger partial charge in [0.2, 0.25) is 5.91 Å². The highest BCUT2D eigenvalue weighted by Gasteiger charge is 2.25. The Labute approximate surface area is 78.3 Å². The van der Waals surface area contributed by atoms with Crippen LogP contribution in [0.1, 0.15) is 19.8 Å². The zero-order valence-electron chi connectivity index (χ0n) is 7.95. The lowest BCUT2D eigenvalue weighted by atomic mass is 10.00. The van der Waals surface area contributed by atoms with Crippen molar-refractivity contribution in [1.82, 2.24) is 5.32 Å². The van der Waals surface area contributed by atoms with Crippen LogP contribution in [0.3, 0.4) is 0 Å². The van der Waals surface area contributed by atoms with Crippen molar-refractivity contribution >= 4 is 5.91 Å². The molecule has 1 saturated heterocycles. The summed E-state index contributed by atoms with van der Waals surface area (Å²) in [5, 5.41) is 11.8. The first kappa shape index (κ1) is 10.5. The van der Waals surface area contributed by atoms with E-state index in [0.717, 1.165) is 13.0 Å². The van der Waals surface area contributed by atoms with Crippen LogP contribution in [0.4, 0.5) is 0 Å². The maximum atomic E-state index is 11.1. The summed E-state index contributed by atoms with van der Waals surface area (Å²) in [5.41, 5.74) is 0. The number of aliphatic hydroxyl groups is 1. The lowest BCUT2D eigenvalue weighted by molar-refractivity contribution is -0.122. The lowest BCUT2D eigenvalue weighted by Crippen LogP contribution is -2.42. The highest BCUT2D eigenvalue weighted by Crippen LogP contribution is 2.16. The van der Waals surface area contributed by atoms with Gasteiger partial charge in [-0.2, -0.15) is 0 Å². The fraction of sp³-hybridized carbons (Fsp3) is 0.889. The van der Waals surface area contributed by atoms with E-state index in [9.17, 15) is 4.79 Å². The van der Waals surface area contributed by atoms with E-state index < -0.39 is 0 Å². The summed E-state index contributed by atoms with van der Waals surface area (Å²) < 4.78 is 5.19. The van der Waals surface area contributed by atoms with E-state index in [2.05, 4.69) is 5.32 Å². The van der Waals surface area contributed by atoms with Gasteiger partial charge in [0.15, 0.2) is 0 Å². The van der Waals surface area contributed by atoms with Crippen LogP contribution in [0.15, 0.2) is 0 Å². The van der Waals surface area contributed by atoms with Crippen LogP contribution in [0, 0.1) is 5.92 Å². The second-order valence-electron chi connectivity index (χ2n) is 3.33. The Morgan fingerprint density at radius 2 is 2.54 bits per heavy atom. The van der Waals surface area contributed by atoms with Crippen molar-refractivity contribution in [2.75, 3.05) is 19.8 Å². The van der Waals surface area contributed by atoms with Gasteiger partial charge in [0, 0.05) is 18.9 Å². The number of carbonyl (C=O) groups excluding carboxylic acids is 1. The fourth-order valence-corrected chi connectivity index (χ4v) is 1.49. The summed E-state index contributed by atoms with van der Waals surface area (Å²) in [6.45, 7) is 3.19. The van der Waals surface area contributed by atoms with Gasteiger partial charge in [0.25, 0.3) is 0 Å². The molecular weight excluding hydrogens is 170 g/mol. The van der Waals surface area contributed by atoms with Crippen LogP contribution < -0.4 is 5.32 Å². The van der Waals surface area contributed by atoms with Crippen molar-refractivity contribution in [2.45, 2.75) is 25.8 Å². The van der Waals surface area contributed by atoms with Crippen LogP contribution in [0.5, 0.6) is 0 Å². The highest BCUT2D eigenvalue weighted by atomic mass is 16.5. The summed E-state index contributed by atoms with van der Waals surface area (Å²) >= 11 is 0. The molecule has 1 rings (SSSR count). The predicted molar refractivity (Wildman–Crippen MR) is 48.2 cm³/mol. The van der Waals surface area contributed by atoms with Crippen molar-refractivity contribution in [2.24, 2.45) is 5.92 Å². The monoisotopic (exact) mass is 187 g/mol. The van der Waals surface area contributed by atoms with Crippen LogP contribution in [0.2, 0.25) is 0 Å². The quantitative estimate of drug-likeness (QED) is 0.646. The van der Waals surface area contributed by atoms with Gasteiger partial charge in [0.05, 0.1) is 19.3 Å². The predicted octanol–water partition coefficient (Wildman–Crippen LogP) is -0.0900. The average molecular weight is 187 g/mol. The van der Waals surface area contributed by atoms with Crippen molar-refractivity contribution in [3.63, 3.8) is 0 Å². The highest BCUT2D eigenvalue weighted by molar-refractivity contribution is 5.75. The Morgan fingerprint density at radius 3 is 3.00 bits per heavy atom. The molecule has 0 spiro atoms. The SMILES string of the molecule is CCC(=O)NC(CO)C1CCOC1. The van der Waals surface area contributed by atoms with Crippen LogP contribution >= 0.6 is 0 Å². The first-order valence-electron chi connectivity index (χ1n) is 4.76. The van der Waals surface area contributed by atoms with E-state index in [1.54, 1.807) is 6.92 Å². The van der Waals surface area contributed by atoms with Gasteiger partial charge in [-0.15, -0.1) is 0 Å². The number of nitrogens with one attached hydrogen (secondary N) is 1. The van der Waals surface area contributed by atoms with Gasteiger partial charge in [-0.3, -0.25) is 4.79 Å².